The summed E-state index contributed by atoms with van der Waals surface area (Å²) in [6.45, 7) is 4.32. The van der Waals surface area contributed by atoms with Crippen LogP contribution in [0.2, 0.25) is 0 Å². The van der Waals surface area contributed by atoms with Gasteiger partial charge in [0.15, 0.2) is 0 Å². The van der Waals surface area contributed by atoms with Crippen molar-refractivity contribution in [3.63, 3.8) is 0 Å². The van der Waals surface area contributed by atoms with Gasteiger partial charge in [-0.05, 0) is 43.1 Å². The van der Waals surface area contributed by atoms with E-state index >= 15 is 0 Å². The van der Waals surface area contributed by atoms with Gasteiger partial charge in [0.25, 0.3) is 5.91 Å². The van der Waals surface area contributed by atoms with Crippen LogP contribution >= 0.6 is 0 Å². The number of rotatable bonds is 4. The lowest BCUT2D eigenvalue weighted by atomic mass is 9.85. The van der Waals surface area contributed by atoms with Crippen LogP contribution in [0.5, 0.6) is 0 Å². The highest BCUT2D eigenvalue weighted by atomic mass is 16.3. The van der Waals surface area contributed by atoms with Crippen LogP contribution in [0.1, 0.15) is 55.2 Å². The number of carbonyl (C=O) groups is 1. The molecule has 2 aliphatic carbocycles. The average molecular weight is 291 g/mol. The van der Waals surface area contributed by atoms with Gasteiger partial charge >= 0.3 is 0 Å². The fourth-order valence-electron chi connectivity index (χ4n) is 4.11. The van der Waals surface area contributed by atoms with Crippen molar-refractivity contribution in [3.05, 3.63) is 17.5 Å². The Kier molecular flexibility index (Phi) is 3.78. The van der Waals surface area contributed by atoms with Crippen molar-refractivity contribution in [2.45, 2.75) is 45.1 Å². The normalized spacial score (nSPS) is 31.1. The first-order valence-corrected chi connectivity index (χ1v) is 7.97. The minimum absolute atomic E-state index is 0.0621. The van der Waals surface area contributed by atoms with Gasteiger partial charge in [0.2, 0.25) is 0 Å². The maximum atomic E-state index is 12.5. The fourth-order valence-corrected chi connectivity index (χ4v) is 4.11. The molecule has 5 nitrogen and oxygen atoms in total. The fraction of sp³-hybridized carbons (Fsp3) is 0.750. The highest BCUT2D eigenvalue weighted by Gasteiger charge is 2.47. The second-order valence-electron chi connectivity index (χ2n) is 6.91. The predicted molar refractivity (Wildman–Crippen MR) is 80.0 cm³/mol. The summed E-state index contributed by atoms with van der Waals surface area (Å²) in [7, 11) is 1.81. The van der Waals surface area contributed by atoms with Gasteiger partial charge in [-0.3, -0.25) is 9.48 Å². The summed E-state index contributed by atoms with van der Waals surface area (Å²) < 4.78 is 1.66. The summed E-state index contributed by atoms with van der Waals surface area (Å²) in [5.74, 6) is 1.60. The SMILES string of the molecule is CC(C)c1cc(C(=O)NC2C3CCC(C3)C2CO)n(C)n1. The van der Waals surface area contributed by atoms with Crippen LogP contribution in [-0.2, 0) is 7.05 Å². The molecular formula is C16H25N3O2. The molecule has 21 heavy (non-hydrogen) atoms. The maximum Gasteiger partial charge on any atom is 0.269 e. The van der Waals surface area contributed by atoms with Crippen LogP contribution in [0, 0.1) is 17.8 Å². The first kappa shape index (κ1) is 14.6. The van der Waals surface area contributed by atoms with E-state index in [9.17, 15) is 9.90 Å². The predicted octanol–water partition coefficient (Wildman–Crippen LogP) is 1.68. The third-order valence-electron chi connectivity index (χ3n) is 5.32. The molecule has 1 heterocycles. The Morgan fingerprint density at radius 2 is 2.19 bits per heavy atom. The van der Waals surface area contributed by atoms with Crippen molar-refractivity contribution >= 4 is 5.91 Å². The number of aryl methyl sites for hydroxylation is 1. The molecule has 2 N–H and O–H groups in total. The Labute approximate surface area is 125 Å². The minimum Gasteiger partial charge on any atom is -0.396 e. The molecule has 0 saturated heterocycles. The number of hydrogen-bond acceptors (Lipinski definition) is 3. The molecule has 5 heteroatoms. The topological polar surface area (TPSA) is 67.2 Å². The lowest BCUT2D eigenvalue weighted by molar-refractivity contribution is 0.0852. The Bertz CT molecular complexity index is 538. The van der Waals surface area contributed by atoms with Crippen LogP contribution in [0.4, 0.5) is 0 Å². The van der Waals surface area contributed by atoms with Crippen molar-refractivity contribution in [2.75, 3.05) is 6.61 Å². The van der Waals surface area contributed by atoms with Gasteiger partial charge in [-0.25, -0.2) is 0 Å². The molecule has 4 unspecified atom stereocenters. The number of aromatic nitrogens is 2. The standard InChI is InChI=1S/C16H25N3O2/c1-9(2)13-7-14(19(3)18-13)16(21)17-15-11-5-4-10(6-11)12(15)8-20/h7,9-12,15,20H,4-6,8H2,1-3H3,(H,17,21). The van der Waals surface area contributed by atoms with Crippen LogP contribution < -0.4 is 5.32 Å². The zero-order chi connectivity index (χ0) is 15.1. The molecule has 116 valence electrons. The van der Waals surface area contributed by atoms with Gasteiger partial charge in [-0.2, -0.15) is 5.10 Å². The summed E-state index contributed by atoms with van der Waals surface area (Å²) in [6, 6.07) is 2.00. The molecule has 1 amide bonds. The molecule has 0 radical (unpaired) electrons. The molecule has 4 atom stereocenters. The number of aliphatic hydroxyl groups is 1. The Balaban J connectivity index is 1.74. The molecule has 2 aliphatic rings. The van der Waals surface area contributed by atoms with E-state index in [1.807, 2.05) is 13.1 Å². The summed E-state index contributed by atoms with van der Waals surface area (Å²) in [6.07, 6.45) is 3.53. The number of nitrogens with zero attached hydrogens (tertiary/aromatic N) is 2. The number of aliphatic hydroxyl groups excluding tert-OH is 1. The maximum absolute atomic E-state index is 12.5. The lowest BCUT2D eigenvalue weighted by Gasteiger charge is -2.30. The number of fused-ring (bicyclic) bond motifs is 2. The minimum atomic E-state index is -0.0621. The highest BCUT2D eigenvalue weighted by molar-refractivity contribution is 5.93. The van der Waals surface area contributed by atoms with E-state index in [1.165, 1.54) is 12.8 Å². The van der Waals surface area contributed by atoms with Gasteiger partial charge in [-0.15, -0.1) is 0 Å². The molecule has 0 spiro atoms. The van der Waals surface area contributed by atoms with Crippen LogP contribution in [-0.4, -0.2) is 33.4 Å². The summed E-state index contributed by atoms with van der Waals surface area (Å²) in [4.78, 5) is 12.5. The summed E-state index contributed by atoms with van der Waals surface area (Å²) >= 11 is 0. The Morgan fingerprint density at radius 3 is 2.81 bits per heavy atom. The number of amides is 1. The third-order valence-corrected chi connectivity index (χ3v) is 5.32. The summed E-state index contributed by atoms with van der Waals surface area (Å²) in [5.41, 5.74) is 1.55. The summed E-state index contributed by atoms with van der Waals surface area (Å²) in [5, 5.41) is 17.2. The second-order valence-corrected chi connectivity index (χ2v) is 6.91. The van der Waals surface area contributed by atoms with Crippen molar-refractivity contribution in [2.24, 2.45) is 24.8 Å². The average Bonchev–Trinajstić information content (AvgIpc) is 3.12. The van der Waals surface area contributed by atoms with Crippen molar-refractivity contribution in [1.82, 2.24) is 15.1 Å². The zero-order valence-electron chi connectivity index (χ0n) is 13.0. The molecule has 0 aromatic carbocycles. The van der Waals surface area contributed by atoms with E-state index in [2.05, 4.69) is 24.3 Å². The van der Waals surface area contributed by atoms with Crippen molar-refractivity contribution in [1.29, 1.82) is 0 Å². The van der Waals surface area contributed by atoms with Crippen LogP contribution in [0.3, 0.4) is 0 Å². The molecule has 2 fully saturated rings. The van der Waals surface area contributed by atoms with Gasteiger partial charge in [-0.1, -0.05) is 13.8 Å². The van der Waals surface area contributed by atoms with E-state index in [1.54, 1.807) is 4.68 Å². The first-order chi connectivity index (χ1) is 10.0. The van der Waals surface area contributed by atoms with E-state index in [-0.39, 0.29) is 24.5 Å². The molecular weight excluding hydrogens is 266 g/mol. The van der Waals surface area contributed by atoms with Crippen LogP contribution in [0.15, 0.2) is 6.07 Å². The first-order valence-electron chi connectivity index (χ1n) is 7.97. The molecule has 2 saturated carbocycles. The van der Waals surface area contributed by atoms with E-state index in [0.717, 1.165) is 12.1 Å². The number of nitrogens with one attached hydrogen (secondary N) is 1. The lowest BCUT2D eigenvalue weighted by Crippen LogP contribution is -2.45. The van der Waals surface area contributed by atoms with Crippen molar-refractivity contribution in [3.8, 4) is 0 Å². The highest BCUT2D eigenvalue weighted by Crippen LogP contribution is 2.48. The number of hydrogen-bond donors (Lipinski definition) is 2. The number of carbonyl (C=O) groups excluding carboxylic acids is 1. The Morgan fingerprint density at radius 1 is 1.48 bits per heavy atom. The Hall–Kier alpha value is -1.36. The van der Waals surface area contributed by atoms with E-state index in [0.29, 0.717) is 23.4 Å². The van der Waals surface area contributed by atoms with E-state index in [4.69, 9.17) is 0 Å². The van der Waals surface area contributed by atoms with Gasteiger partial charge in [0, 0.05) is 25.6 Å². The second kappa shape index (κ2) is 5.44. The van der Waals surface area contributed by atoms with Crippen LogP contribution in [0.25, 0.3) is 0 Å². The van der Waals surface area contributed by atoms with Gasteiger partial charge in [0.05, 0.1) is 5.69 Å². The monoisotopic (exact) mass is 291 g/mol. The molecule has 2 bridgehead atoms. The molecule has 3 rings (SSSR count). The van der Waals surface area contributed by atoms with E-state index < -0.39 is 0 Å². The molecule has 0 aliphatic heterocycles. The molecule has 1 aromatic rings. The van der Waals surface area contributed by atoms with Gasteiger partial charge < -0.3 is 10.4 Å². The zero-order valence-corrected chi connectivity index (χ0v) is 13.0. The molecule has 1 aromatic heterocycles. The largest absolute Gasteiger partial charge is 0.396 e. The van der Waals surface area contributed by atoms with Gasteiger partial charge in [0.1, 0.15) is 5.69 Å². The quantitative estimate of drug-likeness (QED) is 0.887. The smallest absolute Gasteiger partial charge is 0.269 e. The third kappa shape index (κ3) is 2.48. The van der Waals surface area contributed by atoms with Crippen molar-refractivity contribution < 1.29 is 9.90 Å².